The summed E-state index contributed by atoms with van der Waals surface area (Å²) in [5.41, 5.74) is 2.32. The van der Waals surface area contributed by atoms with E-state index in [-0.39, 0.29) is 18.3 Å². The van der Waals surface area contributed by atoms with E-state index >= 15 is 0 Å². The molecule has 1 amide bonds. The van der Waals surface area contributed by atoms with Crippen LogP contribution < -0.4 is 4.74 Å². The lowest BCUT2D eigenvalue weighted by Gasteiger charge is -2.27. The Hall–Kier alpha value is -2.59. The monoisotopic (exact) mass is 369 g/mol. The fourth-order valence-corrected chi connectivity index (χ4v) is 2.91. The van der Waals surface area contributed by atoms with Gasteiger partial charge >= 0.3 is 0 Å². The van der Waals surface area contributed by atoms with E-state index in [2.05, 4.69) is 6.58 Å². The fourth-order valence-electron chi connectivity index (χ4n) is 2.78. The smallest absolute Gasteiger partial charge is 0.260 e. The third-order valence-electron chi connectivity index (χ3n) is 4.41. The number of carbonyl (C=O) groups is 2. The molecule has 0 saturated carbocycles. The van der Waals surface area contributed by atoms with Crippen LogP contribution in [-0.4, -0.2) is 36.3 Å². The first-order valence-electron chi connectivity index (χ1n) is 8.50. The molecule has 2 aromatic carbocycles. The van der Waals surface area contributed by atoms with Crippen molar-refractivity contribution in [3.05, 3.63) is 76.8 Å². The van der Waals surface area contributed by atoms with Crippen LogP contribution in [0.1, 0.15) is 28.8 Å². The lowest BCUT2D eigenvalue weighted by Crippen LogP contribution is -2.39. The summed E-state index contributed by atoms with van der Waals surface area (Å²) in [5.74, 6) is 0.448. The van der Waals surface area contributed by atoms with Gasteiger partial charge < -0.3 is 9.64 Å². The van der Waals surface area contributed by atoms with Gasteiger partial charge in [-0.15, -0.1) is 0 Å². The van der Waals surface area contributed by atoms with Gasteiger partial charge in [0, 0.05) is 29.2 Å². The van der Waals surface area contributed by atoms with Crippen molar-refractivity contribution in [1.29, 1.82) is 0 Å². The van der Waals surface area contributed by atoms with E-state index in [1.807, 2.05) is 0 Å². The average Bonchev–Trinajstić information content (AvgIpc) is 2.67. The van der Waals surface area contributed by atoms with Crippen LogP contribution in [0.15, 0.2) is 60.7 Å². The Labute approximate surface area is 158 Å². The van der Waals surface area contributed by atoms with Gasteiger partial charge in [0.25, 0.3) is 5.91 Å². The van der Waals surface area contributed by atoms with E-state index < -0.39 is 0 Å². The number of benzene rings is 2. The molecule has 0 radical (unpaired) electrons. The summed E-state index contributed by atoms with van der Waals surface area (Å²) < 4.78 is 5.56. The molecule has 3 rings (SSSR count). The van der Waals surface area contributed by atoms with Crippen molar-refractivity contribution < 1.29 is 14.3 Å². The van der Waals surface area contributed by atoms with Crippen LogP contribution >= 0.6 is 11.6 Å². The number of carbonyl (C=O) groups excluding carboxylic acids is 2. The zero-order valence-electron chi connectivity index (χ0n) is 14.4. The van der Waals surface area contributed by atoms with E-state index in [1.54, 1.807) is 53.4 Å². The summed E-state index contributed by atoms with van der Waals surface area (Å²) in [5, 5.41) is 0.591. The summed E-state index contributed by atoms with van der Waals surface area (Å²) in [6.07, 6.45) is 1.71. The number of hydrogen-bond donors (Lipinski definition) is 0. The highest BCUT2D eigenvalue weighted by atomic mass is 35.5. The maximum Gasteiger partial charge on any atom is 0.260 e. The predicted octanol–water partition coefficient (Wildman–Crippen LogP) is 4.13. The van der Waals surface area contributed by atoms with Crippen molar-refractivity contribution >= 4 is 23.3 Å². The van der Waals surface area contributed by atoms with Crippen LogP contribution in [0.3, 0.4) is 0 Å². The molecule has 1 aliphatic heterocycles. The number of ketones is 1. The third kappa shape index (κ3) is 4.52. The Morgan fingerprint density at radius 3 is 2.08 bits per heavy atom. The third-order valence-corrected chi connectivity index (χ3v) is 4.66. The maximum absolute atomic E-state index is 12.4. The number of nitrogens with zero attached hydrogens (tertiary/aromatic N) is 1. The Kier molecular flexibility index (Phi) is 5.74. The standard InChI is InChI=1S/C21H20ClNO3/c1-15-10-12-23(13-11-15)20(24)14-26-19-8-4-17(5-9-19)21(25)16-2-6-18(22)7-3-16/h2-9H,1,10-14H2. The Morgan fingerprint density at radius 1 is 0.962 bits per heavy atom. The largest absolute Gasteiger partial charge is 0.484 e. The van der Waals surface area contributed by atoms with Gasteiger partial charge in [0.1, 0.15) is 5.75 Å². The number of halogens is 1. The second-order valence-corrected chi connectivity index (χ2v) is 6.72. The van der Waals surface area contributed by atoms with Gasteiger partial charge in [-0.1, -0.05) is 23.8 Å². The van der Waals surface area contributed by atoms with Gasteiger partial charge in [-0.25, -0.2) is 0 Å². The van der Waals surface area contributed by atoms with Crippen LogP contribution in [0.5, 0.6) is 5.75 Å². The Balaban J connectivity index is 1.56. The molecule has 0 unspecified atom stereocenters. The molecule has 1 heterocycles. The molecule has 0 atom stereocenters. The van der Waals surface area contributed by atoms with Crippen LogP contribution in [0.2, 0.25) is 5.02 Å². The van der Waals surface area contributed by atoms with Gasteiger partial charge in [0.2, 0.25) is 0 Å². The molecule has 5 heteroatoms. The molecule has 1 aliphatic rings. The lowest BCUT2D eigenvalue weighted by molar-refractivity contribution is -0.133. The Morgan fingerprint density at radius 2 is 1.50 bits per heavy atom. The SMILES string of the molecule is C=C1CCN(C(=O)COc2ccc(C(=O)c3ccc(Cl)cc3)cc2)CC1. The number of likely N-dealkylation sites (tertiary alicyclic amines) is 1. The predicted molar refractivity (Wildman–Crippen MR) is 102 cm³/mol. The zero-order valence-corrected chi connectivity index (χ0v) is 15.2. The van der Waals surface area contributed by atoms with Crippen molar-refractivity contribution in [2.75, 3.05) is 19.7 Å². The normalized spacial score (nSPS) is 14.2. The van der Waals surface area contributed by atoms with Gasteiger partial charge in [-0.2, -0.15) is 0 Å². The highest BCUT2D eigenvalue weighted by molar-refractivity contribution is 6.30. The molecule has 2 aromatic rings. The molecule has 1 fully saturated rings. The van der Waals surface area contributed by atoms with Gasteiger partial charge in [-0.05, 0) is 61.4 Å². The van der Waals surface area contributed by atoms with Crippen LogP contribution in [0.4, 0.5) is 0 Å². The summed E-state index contributed by atoms with van der Waals surface area (Å²) in [4.78, 5) is 26.4. The summed E-state index contributed by atoms with van der Waals surface area (Å²) >= 11 is 5.84. The first kappa shape index (κ1) is 18.2. The number of piperidine rings is 1. The highest BCUT2D eigenvalue weighted by Crippen LogP contribution is 2.18. The zero-order chi connectivity index (χ0) is 18.5. The molecule has 4 nitrogen and oxygen atoms in total. The second-order valence-electron chi connectivity index (χ2n) is 6.28. The molecular weight excluding hydrogens is 350 g/mol. The lowest BCUT2D eigenvalue weighted by atomic mass is 10.0. The summed E-state index contributed by atoms with van der Waals surface area (Å²) in [6, 6.07) is 13.6. The first-order valence-corrected chi connectivity index (χ1v) is 8.88. The molecule has 26 heavy (non-hydrogen) atoms. The summed E-state index contributed by atoms with van der Waals surface area (Å²) in [6.45, 7) is 5.35. The fraction of sp³-hybridized carbons (Fsp3) is 0.238. The van der Waals surface area contributed by atoms with Gasteiger partial charge in [0.15, 0.2) is 12.4 Å². The van der Waals surface area contributed by atoms with E-state index in [4.69, 9.17) is 16.3 Å². The van der Waals surface area contributed by atoms with Crippen LogP contribution in [0.25, 0.3) is 0 Å². The molecule has 1 saturated heterocycles. The molecule has 134 valence electrons. The Bertz CT molecular complexity index is 802. The van der Waals surface area contributed by atoms with Gasteiger partial charge in [-0.3, -0.25) is 9.59 Å². The highest BCUT2D eigenvalue weighted by Gasteiger charge is 2.18. The van der Waals surface area contributed by atoms with E-state index in [0.717, 1.165) is 12.8 Å². The van der Waals surface area contributed by atoms with E-state index in [9.17, 15) is 9.59 Å². The van der Waals surface area contributed by atoms with E-state index in [0.29, 0.717) is 35.0 Å². The minimum atomic E-state index is -0.0853. The van der Waals surface area contributed by atoms with E-state index in [1.165, 1.54) is 5.57 Å². The van der Waals surface area contributed by atoms with Crippen LogP contribution in [-0.2, 0) is 4.79 Å². The molecular formula is C21H20ClNO3. The number of hydrogen-bond acceptors (Lipinski definition) is 3. The number of ether oxygens (including phenoxy) is 1. The van der Waals surface area contributed by atoms with Crippen molar-refractivity contribution in [2.45, 2.75) is 12.8 Å². The van der Waals surface area contributed by atoms with Crippen molar-refractivity contribution in [1.82, 2.24) is 4.90 Å². The van der Waals surface area contributed by atoms with Crippen molar-refractivity contribution in [2.24, 2.45) is 0 Å². The quantitative estimate of drug-likeness (QED) is 0.588. The molecule has 0 aliphatic carbocycles. The van der Waals surface area contributed by atoms with Gasteiger partial charge in [0.05, 0.1) is 0 Å². The summed E-state index contributed by atoms with van der Waals surface area (Å²) in [7, 11) is 0. The second kappa shape index (κ2) is 8.19. The maximum atomic E-state index is 12.4. The van der Waals surface area contributed by atoms with Crippen LogP contribution in [0, 0.1) is 0 Å². The topological polar surface area (TPSA) is 46.6 Å². The number of amides is 1. The first-order chi connectivity index (χ1) is 12.5. The van der Waals surface area contributed by atoms with Crippen molar-refractivity contribution in [3.8, 4) is 5.75 Å². The minimum absolute atomic E-state index is 0.00302. The number of rotatable bonds is 5. The molecule has 0 bridgehead atoms. The molecule has 0 spiro atoms. The minimum Gasteiger partial charge on any atom is -0.484 e. The molecule has 0 N–H and O–H groups in total. The average molecular weight is 370 g/mol. The molecule has 0 aromatic heterocycles. The van der Waals surface area contributed by atoms with Crippen molar-refractivity contribution in [3.63, 3.8) is 0 Å².